The fraction of sp³-hybridized carbons (Fsp3) is 0. The summed E-state index contributed by atoms with van der Waals surface area (Å²) in [5, 5.41) is 0. The molecule has 256 valence electrons. The minimum absolute atomic E-state index is 0.126. The van der Waals surface area contributed by atoms with Crippen molar-refractivity contribution >= 4 is 45.4 Å². The Labute approximate surface area is 299 Å². The van der Waals surface area contributed by atoms with E-state index < -0.39 is 34.6 Å². The van der Waals surface area contributed by atoms with Gasteiger partial charge in [0.1, 0.15) is 28.3 Å². The van der Waals surface area contributed by atoms with Gasteiger partial charge in [-0.15, -0.1) is 0 Å². The average molecular weight is 705 g/mol. The molecule has 0 amide bonds. The van der Waals surface area contributed by atoms with Crippen LogP contribution in [0.1, 0.15) is 33.9 Å². The number of aromatic nitrogens is 4. The van der Waals surface area contributed by atoms with Crippen molar-refractivity contribution in [3.63, 3.8) is 0 Å². The second kappa shape index (κ2) is 12.7. The van der Waals surface area contributed by atoms with Crippen molar-refractivity contribution in [2.45, 2.75) is 0 Å². The number of para-hydroxylation sites is 1. The van der Waals surface area contributed by atoms with Gasteiger partial charge in [-0.2, -0.15) is 0 Å². The maximum Gasteiger partial charge on any atom is 0.175 e. The van der Waals surface area contributed by atoms with Gasteiger partial charge in [-0.05, 0) is 53.1 Å². The van der Waals surface area contributed by atoms with E-state index in [1.807, 2.05) is 0 Å². The van der Waals surface area contributed by atoms with Crippen LogP contribution in [0.25, 0.3) is 62.2 Å². The van der Waals surface area contributed by atoms with Gasteiger partial charge >= 0.3 is 0 Å². The van der Waals surface area contributed by atoms with E-state index in [1.165, 1.54) is 24.3 Å². The summed E-state index contributed by atoms with van der Waals surface area (Å²) in [4.78, 5) is 11.6. The van der Waals surface area contributed by atoms with Gasteiger partial charge in [0, 0.05) is 22.4 Å². The molecule has 0 saturated heterocycles. The summed E-state index contributed by atoms with van der Waals surface area (Å²) in [6.07, 6.45) is 2.46. The van der Waals surface area contributed by atoms with E-state index in [0.717, 1.165) is 4.57 Å². The van der Waals surface area contributed by atoms with Gasteiger partial charge in [0.25, 0.3) is 0 Å². The van der Waals surface area contributed by atoms with Crippen molar-refractivity contribution in [1.29, 1.82) is 0 Å². The molecule has 0 fully saturated rings. The predicted octanol–water partition coefficient (Wildman–Crippen LogP) is 11.3. The molecule has 9 rings (SSSR count). The smallest absolute Gasteiger partial charge is 0.175 e. The zero-order chi connectivity index (χ0) is 36.2. The molecule has 8 bridgehead atoms. The van der Waals surface area contributed by atoms with Crippen molar-refractivity contribution in [3.8, 4) is 16.8 Å². The van der Waals surface area contributed by atoms with Gasteiger partial charge in [-0.3, -0.25) is 0 Å². The first kappa shape index (κ1) is 32.1. The van der Waals surface area contributed by atoms with Crippen molar-refractivity contribution in [3.05, 3.63) is 196 Å². The van der Waals surface area contributed by atoms with E-state index >= 15 is 22.0 Å². The van der Waals surface area contributed by atoms with Crippen LogP contribution >= 0.6 is 0 Å². The molecule has 2 aliphatic heterocycles. The fourth-order valence-electron chi connectivity index (χ4n) is 6.96. The van der Waals surface area contributed by atoms with Crippen molar-refractivity contribution in [2.24, 2.45) is 0 Å². The Morgan fingerprint density at radius 3 is 1.45 bits per heavy atom. The minimum atomic E-state index is -1.15. The van der Waals surface area contributed by atoms with Crippen LogP contribution in [0.5, 0.6) is 0 Å². The van der Waals surface area contributed by atoms with E-state index in [1.54, 1.807) is 121 Å². The molecule has 0 atom stereocenters. The standard InChI is InChI=1S/C44H25F5N4/c45-36-29-21-23-31(50-29)37(46)41-33(25-13-5-1-6-14-25)34(26-15-7-2-8-16-26)42(52-41)40(49)43-35(27-17-9-3-10-18-27)39(48)44(38(47)32-24-22-30(36)51-32)53(43)28-19-11-4-12-20-28/h1-24,50H. The van der Waals surface area contributed by atoms with Gasteiger partial charge in [0.2, 0.25) is 0 Å². The maximum atomic E-state index is 18.3. The topological polar surface area (TPSA) is 46.5 Å². The van der Waals surface area contributed by atoms with E-state index in [2.05, 4.69) is 15.0 Å². The van der Waals surface area contributed by atoms with E-state index in [9.17, 15) is 0 Å². The Morgan fingerprint density at radius 1 is 0.415 bits per heavy atom. The highest BCUT2D eigenvalue weighted by molar-refractivity contribution is 6.07. The van der Waals surface area contributed by atoms with Crippen LogP contribution < -0.4 is 0 Å². The molecule has 9 heteroatoms. The lowest BCUT2D eigenvalue weighted by molar-refractivity contribution is 0.599. The summed E-state index contributed by atoms with van der Waals surface area (Å²) < 4.78 is 86.8. The summed E-state index contributed by atoms with van der Waals surface area (Å²) in [5.74, 6) is -5.03. The Bertz CT molecular complexity index is 2810. The predicted molar refractivity (Wildman–Crippen MR) is 198 cm³/mol. The number of aromatic amines is 1. The third kappa shape index (κ3) is 5.19. The van der Waals surface area contributed by atoms with Gasteiger partial charge in [-0.25, -0.2) is 31.9 Å². The van der Waals surface area contributed by atoms with Crippen LogP contribution in [0, 0.1) is 29.1 Å². The van der Waals surface area contributed by atoms with Crippen LogP contribution in [-0.4, -0.2) is 19.5 Å². The Balaban J connectivity index is 1.60. The first-order chi connectivity index (χ1) is 25.9. The minimum Gasteiger partial charge on any atom is -0.351 e. The van der Waals surface area contributed by atoms with Crippen molar-refractivity contribution in [1.82, 2.24) is 19.5 Å². The van der Waals surface area contributed by atoms with Gasteiger partial charge in [0.05, 0.1) is 16.6 Å². The molecular formula is C44H25F5N4. The Kier molecular flexibility index (Phi) is 7.69. The molecule has 7 aromatic rings. The largest absolute Gasteiger partial charge is 0.351 e. The maximum absolute atomic E-state index is 18.3. The number of nitrogens with zero attached hydrogens (tertiary/aromatic N) is 3. The van der Waals surface area contributed by atoms with Crippen LogP contribution in [0.2, 0.25) is 0 Å². The van der Waals surface area contributed by atoms with Crippen LogP contribution in [0.3, 0.4) is 0 Å². The quantitative estimate of drug-likeness (QED) is 0.185. The molecule has 2 aliphatic rings. The van der Waals surface area contributed by atoms with Crippen molar-refractivity contribution in [2.75, 3.05) is 0 Å². The van der Waals surface area contributed by atoms with E-state index in [0.29, 0.717) is 11.1 Å². The number of nitrogens with one attached hydrogen (secondary N) is 1. The molecular weight excluding hydrogens is 680 g/mol. The first-order valence-corrected chi connectivity index (χ1v) is 16.7. The lowest BCUT2D eigenvalue weighted by atomic mass is 9.92. The number of hydrogen-bond donors (Lipinski definition) is 1. The molecule has 1 N–H and O–H groups in total. The third-order valence-electron chi connectivity index (χ3n) is 9.34. The monoisotopic (exact) mass is 704 g/mol. The molecule has 0 radical (unpaired) electrons. The highest BCUT2D eigenvalue weighted by atomic mass is 19.1. The lowest BCUT2D eigenvalue weighted by Gasteiger charge is -2.12. The van der Waals surface area contributed by atoms with E-state index in [4.69, 9.17) is 0 Å². The van der Waals surface area contributed by atoms with Gasteiger partial charge in [0.15, 0.2) is 29.1 Å². The summed E-state index contributed by atoms with van der Waals surface area (Å²) >= 11 is 0. The lowest BCUT2D eigenvalue weighted by Crippen LogP contribution is -2.00. The fourth-order valence-corrected chi connectivity index (χ4v) is 6.96. The number of halogens is 5. The molecule has 53 heavy (non-hydrogen) atoms. The van der Waals surface area contributed by atoms with Gasteiger partial charge < -0.3 is 9.55 Å². The molecule has 0 spiro atoms. The van der Waals surface area contributed by atoms with Gasteiger partial charge in [-0.1, -0.05) is 109 Å². The zero-order valence-electron chi connectivity index (χ0n) is 27.6. The summed E-state index contributed by atoms with van der Waals surface area (Å²) in [7, 11) is 0. The third-order valence-corrected chi connectivity index (χ3v) is 9.34. The molecule has 3 aromatic heterocycles. The summed E-state index contributed by atoms with van der Waals surface area (Å²) in [6, 6.07) is 36.7. The van der Waals surface area contributed by atoms with Crippen LogP contribution in [0.15, 0.2) is 133 Å². The molecule has 4 aromatic carbocycles. The van der Waals surface area contributed by atoms with E-state index in [-0.39, 0.29) is 67.3 Å². The van der Waals surface area contributed by atoms with Crippen molar-refractivity contribution < 1.29 is 22.0 Å². The number of H-pyrrole nitrogens is 1. The first-order valence-electron chi connectivity index (χ1n) is 16.7. The number of benzene rings is 4. The molecule has 5 heterocycles. The number of fused-ring (bicyclic) bond motifs is 8. The number of rotatable bonds is 4. The SMILES string of the molecule is Fc1c2nc(c(F)c3c(F)c(-c4ccccc4)c(c(F)c4nc(c(F)c5ccc1[nH]5)C(c1ccccc1)=C4c1ccccc1)n3-c1ccccc1)C=C2. The van der Waals surface area contributed by atoms with Crippen LogP contribution in [0.4, 0.5) is 22.0 Å². The average Bonchev–Trinajstić information content (AvgIpc) is 4.02. The second-order valence-corrected chi connectivity index (χ2v) is 12.5. The van der Waals surface area contributed by atoms with Crippen LogP contribution in [-0.2, 0) is 0 Å². The highest BCUT2D eigenvalue weighted by Crippen LogP contribution is 2.44. The Morgan fingerprint density at radius 2 is 0.887 bits per heavy atom. The molecule has 0 saturated carbocycles. The number of hydrogen-bond acceptors (Lipinski definition) is 2. The molecule has 0 aliphatic carbocycles. The second-order valence-electron chi connectivity index (χ2n) is 12.5. The summed E-state index contributed by atoms with van der Waals surface area (Å²) in [6.45, 7) is 0. The Hall–Kier alpha value is -6.87. The highest BCUT2D eigenvalue weighted by Gasteiger charge is 2.32. The summed E-state index contributed by atoms with van der Waals surface area (Å²) in [5.41, 5.74) is -0.703. The normalized spacial score (nSPS) is 12.5. The zero-order valence-corrected chi connectivity index (χ0v) is 27.6. The molecule has 4 nitrogen and oxygen atoms in total. The molecule has 0 unspecified atom stereocenters.